The van der Waals surface area contributed by atoms with Crippen LogP contribution in [0.4, 0.5) is 5.69 Å². The van der Waals surface area contributed by atoms with Crippen LogP contribution < -0.4 is 5.32 Å². The summed E-state index contributed by atoms with van der Waals surface area (Å²) >= 11 is 6.26. The van der Waals surface area contributed by atoms with Crippen molar-refractivity contribution < 1.29 is 9.32 Å². The van der Waals surface area contributed by atoms with Crippen LogP contribution in [0.1, 0.15) is 34.2 Å². The lowest BCUT2D eigenvalue weighted by atomic mass is 10.0. The van der Waals surface area contributed by atoms with Gasteiger partial charge in [0, 0.05) is 11.3 Å². The fraction of sp³-hybridized carbons (Fsp3) is 0.200. The van der Waals surface area contributed by atoms with E-state index in [1.165, 1.54) is 0 Å². The summed E-state index contributed by atoms with van der Waals surface area (Å²) in [6.07, 6.45) is 0.831. The molecule has 0 unspecified atom stereocenters. The molecule has 1 N–H and O–H groups in total. The van der Waals surface area contributed by atoms with Gasteiger partial charge in [-0.1, -0.05) is 60.1 Å². The fourth-order valence-electron chi connectivity index (χ4n) is 2.85. The van der Waals surface area contributed by atoms with Crippen LogP contribution in [0, 0.1) is 13.8 Å². The molecule has 1 aromatic heterocycles. The minimum Gasteiger partial charge on any atom is -0.360 e. The Morgan fingerprint density at radius 2 is 1.92 bits per heavy atom. The lowest BCUT2D eigenvalue weighted by molar-refractivity contribution is 0.102. The minimum atomic E-state index is -0.252. The maximum atomic E-state index is 13.0. The first-order valence-electron chi connectivity index (χ1n) is 8.14. The number of benzene rings is 2. The second-order valence-corrected chi connectivity index (χ2v) is 6.27. The van der Waals surface area contributed by atoms with Crippen LogP contribution >= 0.6 is 11.6 Å². The molecule has 0 aliphatic rings. The molecule has 0 atom stereocenters. The molecular weight excluding hydrogens is 336 g/mol. The Labute approximate surface area is 151 Å². The third-order valence-corrected chi connectivity index (χ3v) is 4.53. The lowest BCUT2D eigenvalue weighted by Crippen LogP contribution is -2.15. The van der Waals surface area contributed by atoms with E-state index in [4.69, 9.17) is 16.1 Å². The molecule has 0 spiro atoms. The smallest absolute Gasteiger partial charge is 0.261 e. The van der Waals surface area contributed by atoms with E-state index in [0.29, 0.717) is 27.6 Å². The Hall–Kier alpha value is -2.59. The molecule has 0 saturated carbocycles. The normalized spacial score (nSPS) is 10.7. The van der Waals surface area contributed by atoms with Gasteiger partial charge in [0.05, 0.1) is 5.02 Å². The van der Waals surface area contributed by atoms with Crippen LogP contribution in [0.3, 0.4) is 0 Å². The third kappa shape index (κ3) is 3.30. The number of carbonyl (C=O) groups is 1. The third-order valence-electron chi connectivity index (χ3n) is 4.20. The molecule has 0 saturated heterocycles. The summed E-state index contributed by atoms with van der Waals surface area (Å²) in [4.78, 5) is 13.0. The SMILES string of the molecule is CCc1cccc(C)c1NC(=O)c1c(-c2ccccc2Cl)noc1C. The number of para-hydroxylation sites is 1. The van der Waals surface area contributed by atoms with Gasteiger partial charge in [0.2, 0.25) is 0 Å². The molecule has 2 aromatic carbocycles. The van der Waals surface area contributed by atoms with Gasteiger partial charge in [0.1, 0.15) is 17.0 Å². The second-order valence-electron chi connectivity index (χ2n) is 5.86. The zero-order valence-electron chi connectivity index (χ0n) is 14.4. The van der Waals surface area contributed by atoms with Crippen molar-refractivity contribution in [3.8, 4) is 11.3 Å². The molecule has 0 aliphatic carbocycles. The quantitative estimate of drug-likeness (QED) is 0.680. The number of halogens is 1. The molecule has 1 amide bonds. The standard InChI is InChI=1S/C20H19ClN2O2/c1-4-14-9-7-8-12(2)18(14)22-20(24)17-13(3)25-23-19(17)15-10-5-6-11-16(15)21/h5-11H,4H2,1-3H3,(H,22,24). The Morgan fingerprint density at radius 3 is 2.64 bits per heavy atom. The number of anilines is 1. The Balaban J connectivity index is 2.03. The molecular formula is C20H19ClN2O2. The number of amides is 1. The highest BCUT2D eigenvalue weighted by Crippen LogP contribution is 2.32. The van der Waals surface area contributed by atoms with Crippen LogP contribution in [0.2, 0.25) is 5.02 Å². The van der Waals surface area contributed by atoms with Crippen molar-refractivity contribution in [3.63, 3.8) is 0 Å². The van der Waals surface area contributed by atoms with Gasteiger partial charge >= 0.3 is 0 Å². The summed E-state index contributed by atoms with van der Waals surface area (Å²) in [6, 6.07) is 13.2. The largest absolute Gasteiger partial charge is 0.360 e. The summed E-state index contributed by atoms with van der Waals surface area (Å²) in [5, 5.41) is 7.60. The number of nitrogens with one attached hydrogen (secondary N) is 1. The summed E-state index contributed by atoms with van der Waals surface area (Å²) in [5.41, 5.74) is 4.46. The molecule has 0 bridgehead atoms. The Kier molecular flexibility index (Phi) is 4.91. The number of aromatic nitrogens is 1. The average molecular weight is 355 g/mol. The van der Waals surface area contributed by atoms with Crippen LogP contribution in [-0.4, -0.2) is 11.1 Å². The first-order valence-corrected chi connectivity index (χ1v) is 8.51. The van der Waals surface area contributed by atoms with E-state index in [2.05, 4.69) is 17.4 Å². The highest BCUT2D eigenvalue weighted by atomic mass is 35.5. The number of carbonyl (C=O) groups excluding carboxylic acids is 1. The Bertz CT molecular complexity index is 931. The van der Waals surface area contributed by atoms with Crippen molar-refractivity contribution in [2.24, 2.45) is 0 Å². The van der Waals surface area contributed by atoms with E-state index in [1.54, 1.807) is 13.0 Å². The highest BCUT2D eigenvalue weighted by molar-refractivity contribution is 6.33. The van der Waals surface area contributed by atoms with Gasteiger partial charge in [-0.3, -0.25) is 4.79 Å². The average Bonchev–Trinajstić information content (AvgIpc) is 2.98. The van der Waals surface area contributed by atoms with Gasteiger partial charge in [-0.2, -0.15) is 0 Å². The molecule has 1 heterocycles. The number of aryl methyl sites for hydroxylation is 3. The van der Waals surface area contributed by atoms with Crippen molar-refractivity contribution >= 4 is 23.2 Å². The van der Waals surface area contributed by atoms with Gasteiger partial charge in [0.15, 0.2) is 0 Å². The molecule has 5 heteroatoms. The van der Waals surface area contributed by atoms with Gasteiger partial charge < -0.3 is 9.84 Å². The first kappa shape index (κ1) is 17.2. The van der Waals surface area contributed by atoms with Gasteiger partial charge in [0.25, 0.3) is 5.91 Å². The highest BCUT2D eigenvalue weighted by Gasteiger charge is 2.23. The molecule has 3 rings (SSSR count). The number of hydrogen-bond acceptors (Lipinski definition) is 3. The monoisotopic (exact) mass is 354 g/mol. The molecule has 4 nitrogen and oxygen atoms in total. The summed E-state index contributed by atoms with van der Waals surface area (Å²) in [6.45, 7) is 5.76. The first-order chi connectivity index (χ1) is 12.0. The summed E-state index contributed by atoms with van der Waals surface area (Å²) < 4.78 is 5.28. The number of nitrogens with zero attached hydrogens (tertiary/aromatic N) is 1. The van der Waals surface area contributed by atoms with Crippen molar-refractivity contribution in [3.05, 3.63) is 69.9 Å². The van der Waals surface area contributed by atoms with Crippen LogP contribution in [0.25, 0.3) is 11.3 Å². The van der Waals surface area contributed by atoms with E-state index < -0.39 is 0 Å². The van der Waals surface area contributed by atoms with E-state index in [0.717, 1.165) is 23.2 Å². The summed E-state index contributed by atoms with van der Waals surface area (Å²) in [7, 11) is 0. The van der Waals surface area contributed by atoms with E-state index in [1.807, 2.05) is 43.3 Å². The van der Waals surface area contributed by atoms with Gasteiger partial charge in [-0.25, -0.2) is 0 Å². The van der Waals surface area contributed by atoms with Crippen LogP contribution in [-0.2, 0) is 6.42 Å². The maximum absolute atomic E-state index is 13.0. The number of hydrogen-bond donors (Lipinski definition) is 1. The van der Waals surface area contributed by atoms with Gasteiger partial charge in [-0.05, 0) is 37.5 Å². The van der Waals surface area contributed by atoms with Crippen molar-refractivity contribution in [2.75, 3.05) is 5.32 Å². The van der Waals surface area contributed by atoms with Crippen molar-refractivity contribution in [1.82, 2.24) is 5.16 Å². The second kappa shape index (κ2) is 7.11. The van der Waals surface area contributed by atoms with E-state index >= 15 is 0 Å². The zero-order valence-corrected chi connectivity index (χ0v) is 15.1. The van der Waals surface area contributed by atoms with Crippen molar-refractivity contribution in [2.45, 2.75) is 27.2 Å². The van der Waals surface area contributed by atoms with Gasteiger partial charge in [-0.15, -0.1) is 0 Å². The predicted octanol–water partition coefficient (Wildman–Crippen LogP) is 5.43. The topological polar surface area (TPSA) is 55.1 Å². The number of rotatable bonds is 4. The molecule has 128 valence electrons. The lowest BCUT2D eigenvalue weighted by Gasteiger charge is -2.13. The van der Waals surface area contributed by atoms with E-state index in [9.17, 15) is 4.79 Å². The summed E-state index contributed by atoms with van der Waals surface area (Å²) in [5.74, 6) is 0.205. The minimum absolute atomic E-state index is 0.252. The molecule has 3 aromatic rings. The molecule has 25 heavy (non-hydrogen) atoms. The van der Waals surface area contributed by atoms with Crippen LogP contribution in [0.15, 0.2) is 47.0 Å². The molecule has 0 aliphatic heterocycles. The Morgan fingerprint density at radius 1 is 1.16 bits per heavy atom. The fourth-order valence-corrected chi connectivity index (χ4v) is 3.08. The van der Waals surface area contributed by atoms with Crippen LogP contribution in [0.5, 0.6) is 0 Å². The van der Waals surface area contributed by atoms with Crippen molar-refractivity contribution in [1.29, 1.82) is 0 Å². The maximum Gasteiger partial charge on any atom is 0.261 e. The predicted molar refractivity (Wildman–Crippen MR) is 100 cm³/mol. The molecule has 0 radical (unpaired) electrons. The zero-order chi connectivity index (χ0) is 18.0. The molecule has 0 fully saturated rings. The van der Waals surface area contributed by atoms with E-state index in [-0.39, 0.29) is 5.91 Å².